The quantitative estimate of drug-likeness (QED) is 0.710. The van der Waals surface area contributed by atoms with Gasteiger partial charge in [0.1, 0.15) is 0 Å². The third-order valence-electron chi connectivity index (χ3n) is 3.04. The second-order valence-corrected chi connectivity index (χ2v) is 5.95. The van der Waals surface area contributed by atoms with Gasteiger partial charge in [-0.3, -0.25) is 0 Å². The van der Waals surface area contributed by atoms with E-state index < -0.39 is 0 Å². The molecule has 0 aliphatic heterocycles. The third kappa shape index (κ3) is 5.42. The van der Waals surface area contributed by atoms with Crippen molar-refractivity contribution in [2.45, 2.75) is 33.2 Å². The Labute approximate surface area is 115 Å². The molecule has 1 aromatic rings. The molecule has 18 heavy (non-hydrogen) atoms. The van der Waals surface area contributed by atoms with Gasteiger partial charge < -0.3 is 10.4 Å². The average molecular weight is 267 g/mol. The fraction of sp³-hybridized carbons (Fsp3) is 0.600. The van der Waals surface area contributed by atoms with Crippen molar-refractivity contribution in [2.24, 2.45) is 0 Å². The van der Waals surface area contributed by atoms with Crippen LogP contribution in [0.4, 0.5) is 0 Å². The number of nitrogens with one attached hydrogen (secondary N) is 1. The summed E-state index contributed by atoms with van der Waals surface area (Å²) in [6.45, 7) is 7.85. The molecule has 0 spiro atoms. The maximum Gasteiger partial charge on any atom is 0.0438 e. The molecular weight excluding hydrogens is 242 g/mol. The van der Waals surface area contributed by atoms with Crippen molar-refractivity contribution in [2.75, 3.05) is 24.7 Å². The predicted molar refractivity (Wildman–Crippen MR) is 81.4 cm³/mol. The maximum atomic E-state index is 8.68. The summed E-state index contributed by atoms with van der Waals surface area (Å²) in [7, 11) is 0. The van der Waals surface area contributed by atoms with E-state index in [2.05, 4.69) is 44.3 Å². The van der Waals surface area contributed by atoms with Crippen LogP contribution in [0, 0.1) is 13.8 Å². The predicted octanol–water partition coefficient (Wildman–Crippen LogP) is 3.07. The van der Waals surface area contributed by atoms with Gasteiger partial charge in [-0.15, -0.1) is 0 Å². The zero-order chi connectivity index (χ0) is 13.4. The normalized spacial score (nSPS) is 12.7. The van der Waals surface area contributed by atoms with Crippen LogP contribution in [-0.4, -0.2) is 29.8 Å². The van der Waals surface area contributed by atoms with Crippen LogP contribution in [0.3, 0.4) is 0 Å². The molecule has 102 valence electrons. The fourth-order valence-corrected chi connectivity index (χ4v) is 2.84. The minimum absolute atomic E-state index is 0.305. The summed E-state index contributed by atoms with van der Waals surface area (Å²) < 4.78 is 0. The second kappa shape index (κ2) is 8.57. The van der Waals surface area contributed by atoms with Gasteiger partial charge in [-0.1, -0.05) is 23.8 Å². The Morgan fingerprint density at radius 3 is 2.72 bits per heavy atom. The molecule has 0 aromatic heterocycles. The van der Waals surface area contributed by atoms with Crippen LogP contribution >= 0.6 is 11.8 Å². The number of hydrogen-bond donors (Lipinski definition) is 2. The van der Waals surface area contributed by atoms with Crippen molar-refractivity contribution in [3.63, 3.8) is 0 Å². The molecule has 1 aromatic carbocycles. The molecular formula is C15H25NOS. The zero-order valence-electron chi connectivity index (χ0n) is 11.7. The minimum atomic E-state index is 0.305. The Balaban J connectivity index is 2.29. The number of aliphatic hydroxyl groups is 1. The molecule has 0 heterocycles. The van der Waals surface area contributed by atoms with Gasteiger partial charge in [0.15, 0.2) is 0 Å². The molecule has 0 fully saturated rings. The van der Waals surface area contributed by atoms with Crippen molar-refractivity contribution in [1.82, 2.24) is 5.32 Å². The lowest BCUT2D eigenvalue weighted by Crippen LogP contribution is -2.22. The second-order valence-electron chi connectivity index (χ2n) is 4.73. The Bertz CT molecular complexity index is 354. The lowest BCUT2D eigenvalue weighted by atomic mass is 10.0. The lowest BCUT2D eigenvalue weighted by Gasteiger charge is -2.17. The van der Waals surface area contributed by atoms with E-state index in [0.29, 0.717) is 12.6 Å². The Morgan fingerprint density at radius 1 is 1.28 bits per heavy atom. The first-order valence-electron chi connectivity index (χ1n) is 6.64. The molecule has 1 unspecified atom stereocenters. The highest BCUT2D eigenvalue weighted by Gasteiger charge is 2.07. The van der Waals surface area contributed by atoms with Crippen molar-refractivity contribution in [3.05, 3.63) is 34.9 Å². The van der Waals surface area contributed by atoms with Gasteiger partial charge >= 0.3 is 0 Å². The Kier molecular flexibility index (Phi) is 7.40. The molecule has 0 radical (unpaired) electrons. The molecule has 2 nitrogen and oxygen atoms in total. The molecule has 0 aliphatic carbocycles. The van der Waals surface area contributed by atoms with Crippen LogP contribution in [0.15, 0.2) is 18.2 Å². The van der Waals surface area contributed by atoms with E-state index in [1.807, 2.05) is 11.8 Å². The van der Waals surface area contributed by atoms with Gasteiger partial charge in [-0.2, -0.15) is 11.8 Å². The van der Waals surface area contributed by atoms with Crippen LogP contribution < -0.4 is 5.32 Å². The number of aryl methyl sites for hydroxylation is 2. The van der Waals surface area contributed by atoms with Crippen LogP contribution in [0.1, 0.15) is 36.1 Å². The first-order valence-corrected chi connectivity index (χ1v) is 7.79. The molecule has 0 amide bonds. The number of rotatable bonds is 8. The van der Waals surface area contributed by atoms with E-state index in [-0.39, 0.29) is 0 Å². The molecule has 3 heteroatoms. The van der Waals surface area contributed by atoms with E-state index in [9.17, 15) is 0 Å². The third-order valence-corrected chi connectivity index (χ3v) is 4.11. The molecule has 0 saturated carbocycles. The monoisotopic (exact) mass is 267 g/mol. The molecule has 1 rings (SSSR count). The van der Waals surface area contributed by atoms with E-state index >= 15 is 0 Å². The fourth-order valence-electron chi connectivity index (χ4n) is 2.04. The smallest absolute Gasteiger partial charge is 0.0438 e. The molecule has 0 bridgehead atoms. The summed E-state index contributed by atoms with van der Waals surface area (Å²) >= 11 is 1.90. The van der Waals surface area contributed by atoms with Gasteiger partial charge in [-0.25, -0.2) is 0 Å². The van der Waals surface area contributed by atoms with Crippen LogP contribution in [0.25, 0.3) is 0 Å². The van der Waals surface area contributed by atoms with Crippen molar-refractivity contribution < 1.29 is 5.11 Å². The standard InChI is InChI=1S/C15H25NOS/c1-12-5-6-15(13(2)11-12)14(3)16-7-10-18-9-4-8-17/h5-6,11,14,16-17H,4,7-10H2,1-3H3. The molecule has 1 atom stereocenters. The summed E-state index contributed by atoms with van der Waals surface area (Å²) in [4.78, 5) is 0. The van der Waals surface area contributed by atoms with E-state index in [0.717, 1.165) is 24.5 Å². The molecule has 0 saturated heterocycles. The van der Waals surface area contributed by atoms with Crippen LogP contribution in [-0.2, 0) is 0 Å². The molecule has 0 aliphatic rings. The van der Waals surface area contributed by atoms with Crippen LogP contribution in [0.5, 0.6) is 0 Å². The summed E-state index contributed by atoms with van der Waals surface area (Å²) in [5.41, 5.74) is 4.08. The van der Waals surface area contributed by atoms with E-state index in [1.54, 1.807) is 0 Å². The van der Waals surface area contributed by atoms with Crippen LogP contribution in [0.2, 0.25) is 0 Å². The minimum Gasteiger partial charge on any atom is -0.396 e. The number of thioether (sulfide) groups is 1. The molecule has 2 N–H and O–H groups in total. The van der Waals surface area contributed by atoms with Gasteiger partial charge in [0.05, 0.1) is 0 Å². The van der Waals surface area contributed by atoms with E-state index in [4.69, 9.17) is 5.11 Å². The van der Waals surface area contributed by atoms with Gasteiger partial charge in [0, 0.05) is 24.9 Å². The lowest BCUT2D eigenvalue weighted by molar-refractivity contribution is 0.296. The Hall–Kier alpha value is -0.510. The zero-order valence-corrected chi connectivity index (χ0v) is 12.5. The average Bonchev–Trinajstić information content (AvgIpc) is 2.33. The topological polar surface area (TPSA) is 32.3 Å². The SMILES string of the molecule is Cc1ccc(C(C)NCCSCCCO)c(C)c1. The summed E-state index contributed by atoms with van der Waals surface area (Å²) in [6.07, 6.45) is 0.900. The van der Waals surface area contributed by atoms with Gasteiger partial charge in [0.25, 0.3) is 0 Å². The highest BCUT2D eigenvalue weighted by molar-refractivity contribution is 7.99. The largest absolute Gasteiger partial charge is 0.396 e. The number of benzene rings is 1. The number of aliphatic hydroxyl groups excluding tert-OH is 1. The van der Waals surface area contributed by atoms with Crippen molar-refractivity contribution in [3.8, 4) is 0 Å². The van der Waals surface area contributed by atoms with Crippen molar-refractivity contribution in [1.29, 1.82) is 0 Å². The highest BCUT2D eigenvalue weighted by Crippen LogP contribution is 2.18. The summed E-state index contributed by atoms with van der Waals surface area (Å²) in [5, 5.41) is 12.2. The number of hydrogen-bond acceptors (Lipinski definition) is 3. The maximum absolute atomic E-state index is 8.68. The van der Waals surface area contributed by atoms with Gasteiger partial charge in [-0.05, 0) is 44.1 Å². The first-order chi connectivity index (χ1) is 8.65. The summed E-state index contributed by atoms with van der Waals surface area (Å²) in [5.74, 6) is 2.16. The van der Waals surface area contributed by atoms with Crippen molar-refractivity contribution >= 4 is 11.8 Å². The highest BCUT2D eigenvalue weighted by atomic mass is 32.2. The Morgan fingerprint density at radius 2 is 2.06 bits per heavy atom. The first kappa shape index (κ1) is 15.5. The summed E-state index contributed by atoms with van der Waals surface area (Å²) in [6, 6.07) is 7.05. The van der Waals surface area contributed by atoms with E-state index in [1.165, 1.54) is 16.7 Å². The van der Waals surface area contributed by atoms with Gasteiger partial charge in [0.2, 0.25) is 0 Å².